The van der Waals surface area contributed by atoms with Crippen LogP contribution in [0.1, 0.15) is 17.5 Å². The maximum absolute atomic E-state index is 12.4. The summed E-state index contributed by atoms with van der Waals surface area (Å²) in [7, 11) is -2.02. The van der Waals surface area contributed by atoms with Gasteiger partial charge >= 0.3 is 0 Å². The Morgan fingerprint density at radius 1 is 1.21 bits per heavy atom. The summed E-state index contributed by atoms with van der Waals surface area (Å²) < 4.78 is 38.2. The molecule has 2 N–H and O–H groups in total. The Bertz CT molecular complexity index is 1070. The van der Waals surface area contributed by atoms with Crippen molar-refractivity contribution in [3.63, 3.8) is 0 Å². The van der Waals surface area contributed by atoms with E-state index in [2.05, 4.69) is 15.0 Å². The van der Waals surface area contributed by atoms with Gasteiger partial charge in [0.15, 0.2) is 0 Å². The van der Waals surface area contributed by atoms with E-state index in [0.29, 0.717) is 24.6 Å². The van der Waals surface area contributed by atoms with Gasteiger partial charge in [0.05, 0.1) is 19.3 Å². The van der Waals surface area contributed by atoms with Gasteiger partial charge in [0.1, 0.15) is 16.2 Å². The van der Waals surface area contributed by atoms with Crippen LogP contribution in [-0.4, -0.2) is 33.0 Å². The first kappa shape index (κ1) is 21.0. The number of benzene rings is 1. The fraction of sp³-hybridized carbons (Fsp3) is 0.263. The first-order valence-corrected chi connectivity index (χ1v) is 11.1. The van der Waals surface area contributed by atoms with E-state index in [1.165, 1.54) is 19.3 Å². The van der Waals surface area contributed by atoms with Crippen LogP contribution in [-0.2, 0) is 27.8 Å². The number of aromatic nitrogens is 1. The first-order chi connectivity index (χ1) is 13.9. The average molecular weight is 436 g/mol. The van der Waals surface area contributed by atoms with Crippen LogP contribution < -0.4 is 14.8 Å². The molecule has 1 amide bonds. The van der Waals surface area contributed by atoms with Crippen molar-refractivity contribution in [2.75, 3.05) is 13.7 Å². The minimum atomic E-state index is -3.62. The molecular weight excluding hydrogens is 414 g/mol. The summed E-state index contributed by atoms with van der Waals surface area (Å²) in [6.07, 6.45) is 1.91. The molecule has 0 spiro atoms. The normalized spacial score (nSPS) is 11.4. The fourth-order valence-electron chi connectivity index (χ4n) is 2.48. The van der Waals surface area contributed by atoms with Crippen molar-refractivity contribution in [2.45, 2.75) is 24.1 Å². The van der Waals surface area contributed by atoms with Crippen LogP contribution >= 0.6 is 11.3 Å². The van der Waals surface area contributed by atoms with Gasteiger partial charge in [0, 0.05) is 30.3 Å². The van der Waals surface area contributed by atoms with E-state index in [1.807, 2.05) is 24.3 Å². The van der Waals surface area contributed by atoms with Crippen LogP contribution in [0.15, 0.2) is 51.3 Å². The summed E-state index contributed by atoms with van der Waals surface area (Å²) in [5.41, 5.74) is 1.46. The highest BCUT2D eigenvalue weighted by atomic mass is 32.2. The topological polar surface area (TPSA) is 111 Å². The molecule has 0 unspecified atom stereocenters. The largest absolute Gasteiger partial charge is 0.497 e. The van der Waals surface area contributed by atoms with E-state index in [1.54, 1.807) is 13.2 Å². The second-order valence-electron chi connectivity index (χ2n) is 6.15. The molecule has 0 aliphatic rings. The van der Waals surface area contributed by atoms with Gasteiger partial charge in [-0.1, -0.05) is 0 Å². The summed E-state index contributed by atoms with van der Waals surface area (Å²) in [6, 6.07) is 10.5. The first-order valence-electron chi connectivity index (χ1n) is 8.79. The number of hydrogen-bond acceptors (Lipinski definition) is 7. The number of nitrogens with zero attached hydrogens (tertiary/aromatic N) is 1. The summed E-state index contributed by atoms with van der Waals surface area (Å²) in [6.45, 7) is 1.91. The van der Waals surface area contributed by atoms with Crippen molar-refractivity contribution >= 4 is 27.3 Å². The molecule has 0 aliphatic carbocycles. The number of oxazole rings is 1. The molecule has 2 heterocycles. The molecule has 0 radical (unpaired) electrons. The van der Waals surface area contributed by atoms with Crippen molar-refractivity contribution in [3.05, 3.63) is 53.2 Å². The van der Waals surface area contributed by atoms with Crippen LogP contribution in [0.4, 0.5) is 0 Å². The van der Waals surface area contributed by atoms with Gasteiger partial charge in [0.2, 0.25) is 21.8 Å². The Hall–Kier alpha value is -2.69. The zero-order chi connectivity index (χ0) is 20.9. The maximum atomic E-state index is 12.4. The highest BCUT2D eigenvalue weighted by Gasteiger charge is 2.17. The molecule has 0 bridgehead atoms. The van der Waals surface area contributed by atoms with Crippen LogP contribution in [0.3, 0.4) is 0 Å². The number of carbonyl (C=O) groups is 1. The fourth-order valence-corrected chi connectivity index (χ4v) is 4.85. The molecule has 0 aliphatic heterocycles. The van der Waals surface area contributed by atoms with Crippen molar-refractivity contribution in [3.8, 4) is 17.2 Å². The maximum Gasteiger partial charge on any atom is 0.250 e. The van der Waals surface area contributed by atoms with Crippen molar-refractivity contribution in [2.24, 2.45) is 0 Å². The van der Waals surface area contributed by atoms with E-state index in [0.717, 1.165) is 27.5 Å². The smallest absolute Gasteiger partial charge is 0.250 e. The molecule has 0 saturated carbocycles. The standard InChI is InChI=1S/C19H21N3O5S2/c1-13(23)20-11-17-7-8-18(28-17)29(24,25)21-10-9-15-12-27-19(22-15)14-3-5-16(26-2)6-4-14/h3-8,12,21H,9-11H2,1-2H3,(H,20,23). The van der Waals surface area contributed by atoms with Crippen LogP contribution in [0, 0.1) is 0 Å². The zero-order valence-electron chi connectivity index (χ0n) is 16.0. The highest BCUT2D eigenvalue weighted by molar-refractivity contribution is 7.91. The van der Waals surface area contributed by atoms with Gasteiger partial charge in [-0.3, -0.25) is 4.79 Å². The zero-order valence-corrected chi connectivity index (χ0v) is 17.6. The predicted molar refractivity (Wildman–Crippen MR) is 109 cm³/mol. The van der Waals surface area contributed by atoms with Crippen LogP contribution in [0.25, 0.3) is 11.5 Å². The Morgan fingerprint density at radius 3 is 2.66 bits per heavy atom. The number of methoxy groups -OCH3 is 1. The third kappa shape index (κ3) is 5.66. The second-order valence-corrected chi connectivity index (χ2v) is 9.31. The molecule has 0 fully saturated rings. The molecule has 154 valence electrons. The van der Waals surface area contributed by atoms with Gasteiger partial charge in [0.25, 0.3) is 0 Å². The molecule has 10 heteroatoms. The number of sulfonamides is 1. The van der Waals surface area contributed by atoms with E-state index < -0.39 is 10.0 Å². The lowest BCUT2D eigenvalue weighted by molar-refractivity contribution is -0.119. The summed E-state index contributed by atoms with van der Waals surface area (Å²) in [4.78, 5) is 16.1. The molecule has 0 atom stereocenters. The lowest BCUT2D eigenvalue weighted by Gasteiger charge is -2.03. The number of rotatable bonds is 9. The van der Waals surface area contributed by atoms with Crippen molar-refractivity contribution < 1.29 is 22.4 Å². The van der Waals surface area contributed by atoms with Crippen molar-refractivity contribution in [1.29, 1.82) is 0 Å². The number of thiophene rings is 1. The average Bonchev–Trinajstić information content (AvgIpc) is 3.36. The second kappa shape index (κ2) is 9.21. The third-order valence-electron chi connectivity index (χ3n) is 3.98. The lowest BCUT2D eigenvalue weighted by Crippen LogP contribution is -2.25. The van der Waals surface area contributed by atoms with Gasteiger partial charge in [-0.15, -0.1) is 11.3 Å². The Balaban J connectivity index is 1.55. The molecule has 3 rings (SSSR count). The van der Waals surface area contributed by atoms with E-state index in [4.69, 9.17) is 9.15 Å². The number of amides is 1. The summed E-state index contributed by atoms with van der Waals surface area (Å²) >= 11 is 1.12. The monoisotopic (exact) mass is 435 g/mol. The SMILES string of the molecule is COc1ccc(-c2nc(CCNS(=O)(=O)c3ccc(CNC(C)=O)s3)co2)cc1. The van der Waals surface area contributed by atoms with Crippen molar-refractivity contribution in [1.82, 2.24) is 15.0 Å². The minimum Gasteiger partial charge on any atom is -0.497 e. The van der Waals surface area contributed by atoms with Crippen LogP contribution in [0.5, 0.6) is 5.75 Å². The predicted octanol–water partition coefficient (Wildman–Crippen LogP) is 2.57. The molecular formula is C19H21N3O5S2. The van der Waals surface area contributed by atoms with Crippen LogP contribution in [0.2, 0.25) is 0 Å². The number of ether oxygens (including phenoxy) is 1. The highest BCUT2D eigenvalue weighted by Crippen LogP contribution is 2.23. The minimum absolute atomic E-state index is 0.164. The summed E-state index contributed by atoms with van der Waals surface area (Å²) in [5, 5.41) is 2.64. The Labute approximate surface area is 173 Å². The molecule has 1 aromatic carbocycles. The van der Waals surface area contributed by atoms with Gasteiger partial charge < -0.3 is 14.5 Å². The number of carbonyl (C=O) groups excluding carboxylic acids is 1. The quantitative estimate of drug-likeness (QED) is 0.534. The number of hydrogen-bond donors (Lipinski definition) is 2. The number of nitrogens with one attached hydrogen (secondary N) is 2. The van der Waals surface area contributed by atoms with Gasteiger partial charge in [-0.05, 0) is 36.4 Å². The van der Waals surface area contributed by atoms with Gasteiger partial charge in [-0.25, -0.2) is 18.1 Å². The third-order valence-corrected chi connectivity index (χ3v) is 7.01. The van der Waals surface area contributed by atoms with E-state index in [-0.39, 0.29) is 16.7 Å². The molecule has 0 saturated heterocycles. The molecule has 8 nitrogen and oxygen atoms in total. The summed E-state index contributed by atoms with van der Waals surface area (Å²) in [5.74, 6) is 1.04. The molecule has 3 aromatic rings. The Morgan fingerprint density at radius 2 is 1.97 bits per heavy atom. The van der Waals surface area contributed by atoms with E-state index >= 15 is 0 Å². The van der Waals surface area contributed by atoms with E-state index in [9.17, 15) is 13.2 Å². The Kier molecular flexibility index (Phi) is 6.68. The van der Waals surface area contributed by atoms with Gasteiger partial charge in [-0.2, -0.15) is 0 Å². The molecule has 29 heavy (non-hydrogen) atoms. The molecule has 2 aromatic heterocycles. The lowest BCUT2D eigenvalue weighted by atomic mass is 10.2.